The van der Waals surface area contributed by atoms with E-state index in [1.807, 2.05) is 24.3 Å². The molecule has 2 N–H and O–H groups in total. The molecule has 0 radical (unpaired) electrons. The number of carbonyl (C=O) groups excluding carboxylic acids is 1. The number of thioether (sulfide) groups is 1. The van der Waals surface area contributed by atoms with Crippen LogP contribution in [-0.2, 0) is 11.2 Å². The van der Waals surface area contributed by atoms with E-state index in [9.17, 15) is 9.90 Å². The minimum absolute atomic E-state index is 0.0858. The number of benzene rings is 2. The van der Waals surface area contributed by atoms with Crippen LogP contribution in [0.3, 0.4) is 0 Å². The quantitative estimate of drug-likeness (QED) is 0.638. The molecule has 1 aliphatic rings. The molecule has 1 aliphatic heterocycles. The number of phenolic OH excluding ortho intramolecular Hbond substituents is 1. The van der Waals surface area contributed by atoms with Gasteiger partial charge in [0.15, 0.2) is 5.17 Å². The molecule has 1 atom stereocenters. The minimum Gasteiger partial charge on any atom is -0.507 e. The summed E-state index contributed by atoms with van der Waals surface area (Å²) >= 11 is 1.34. The lowest BCUT2D eigenvalue weighted by Crippen LogP contribution is -2.25. The number of rotatable bonds is 5. The Kier molecular flexibility index (Phi) is 5.35. The van der Waals surface area contributed by atoms with Crippen LogP contribution in [0.5, 0.6) is 11.5 Å². The highest BCUT2D eigenvalue weighted by atomic mass is 32.2. The Hall–Kier alpha value is -2.80. The van der Waals surface area contributed by atoms with Crippen molar-refractivity contribution in [2.24, 2.45) is 10.2 Å². The van der Waals surface area contributed by atoms with Gasteiger partial charge < -0.3 is 15.2 Å². The summed E-state index contributed by atoms with van der Waals surface area (Å²) in [6.07, 6.45) is 2.05. The van der Waals surface area contributed by atoms with Gasteiger partial charge in [-0.3, -0.25) is 4.79 Å². The van der Waals surface area contributed by atoms with E-state index in [-0.39, 0.29) is 16.9 Å². The van der Waals surface area contributed by atoms with Crippen molar-refractivity contribution in [3.8, 4) is 11.5 Å². The summed E-state index contributed by atoms with van der Waals surface area (Å²) in [4.78, 5) is 12.1. The van der Waals surface area contributed by atoms with E-state index >= 15 is 0 Å². The number of hydrogen-bond donors (Lipinski definition) is 2. The average molecular weight is 355 g/mol. The predicted octanol–water partition coefficient (Wildman–Crippen LogP) is 2.57. The second-order valence-electron chi connectivity index (χ2n) is 5.36. The number of amidine groups is 1. The Morgan fingerprint density at radius 2 is 2.00 bits per heavy atom. The van der Waals surface area contributed by atoms with Crippen molar-refractivity contribution in [3.63, 3.8) is 0 Å². The van der Waals surface area contributed by atoms with Gasteiger partial charge in [0.25, 0.3) is 0 Å². The Morgan fingerprint density at radius 1 is 1.24 bits per heavy atom. The second kappa shape index (κ2) is 7.85. The van der Waals surface area contributed by atoms with Gasteiger partial charge in [-0.1, -0.05) is 36.0 Å². The maximum absolute atomic E-state index is 12.1. The number of methoxy groups -OCH3 is 1. The summed E-state index contributed by atoms with van der Waals surface area (Å²) < 4.78 is 5.13. The van der Waals surface area contributed by atoms with Crippen molar-refractivity contribution in [2.45, 2.75) is 11.7 Å². The minimum atomic E-state index is -0.243. The fourth-order valence-electron chi connectivity index (χ4n) is 2.30. The van der Waals surface area contributed by atoms with Gasteiger partial charge in [0.2, 0.25) is 5.91 Å². The van der Waals surface area contributed by atoms with Crippen LogP contribution in [0.25, 0.3) is 0 Å². The highest BCUT2D eigenvalue weighted by Gasteiger charge is 2.30. The average Bonchev–Trinajstić information content (AvgIpc) is 2.97. The third-order valence-corrected chi connectivity index (χ3v) is 4.71. The summed E-state index contributed by atoms with van der Waals surface area (Å²) in [5.41, 5.74) is 1.61. The van der Waals surface area contributed by atoms with Crippen LogP contribution in [0, 0.1) is 0 Å². The number of ether oxygens (including phenoxy) is 1. The monoisotopic (exact) mass is 355 g/mol. The number of para-hydroxylation sites is 1. The van der Waals surface area contributed by atoms with Crippen LogP contribution in [0.2, 0.25) is 0 Å². The summed E-state index contributed by atoms with van der Waals surface area (Å²) in [6, 6.07) is 14.5. The zero-order chi connectivity index (χ0) is 17.6. The van der Waals surface area contributed by atoms with Crippen molar-refractivity contribution < 1.29 is 14.6 Å². The molecular formula is C18H17N3O3S. The molecule has 1 fully saturated rings. The van der Waals surface area contributed by atoms with E-state index in [2.05, 4.69) is 15.5 Å². The molecule has 0 bridgehead atoms. The van der Waals surface area contributed by atoms with E-state index in [4.69, 9.17) is 4.74 Å². The van der Waals surface area contributed by atoms with Crippen molar-refractivity contribution in [3.05, 3.63) is 59.7 Å². The largest absolute Gasteiger partial charge is 0.507 e. The van der Waals surface area contributed by atoms with Crippen LogP contribution in [0.1, 0.15) is 11.1 Å². The lowest BCUT2D eigenvalue weighted by atomic mass is 10.1. The van der Waals surface area contributed by atoms with Gasteiger partial charge in [-0.05, 0) is 36.2 Å². The molecule has 2 aromatic rings. The maximum atomic E-state index is 12.1. The van der Waals surface area contributed by atoms with E-state index in [1.54, 1.807) is 31.4 Å². The zero-order valence-electron chi connectivity index (χ0n) is 13.5. The number of aromatic hydroxyl groups is 1. The lowest BCUT2D eigenvalue weighted by Gasteiger charge is -2.06. The topological polar surface area (TPSA) is 83.3 Å². The molecule has 0 aliphatic carbocycles. The molecule has 25 heavy (non-hydrogen) atoms. The summed E-state index contributed by atoms with van der Waals surface area (Å²) in [5, 5.41) is 20.5. The molecule has 0 saturated carbocycles. The Bertz CT molecular complexity index is 819. The van der Waals surface area contributed by atoms with Gasteiger partial charge in [0.1, 0.15) is 11.5 Å². The van der Waals surface area contributed by atoms with Crippen molar-refractivity contribution in [2.75, 3.05) is 7.11 Å². The van der Waals surface area contributed by atoms with Gasteiger partial charge in [-0.25, -0.2) is 0 Å². The highest BCUT2D eigenvalue weighted by Crippen LogP contribution is 2.24. The first-order valence-electron chi connectivity index (χ1n) is 7.65. The number of carbonyl (C=O) groups is 1. The summed E-state index contributed by atoms with van der Waals surface area (Å²) in [5.74, 6) is 0.831. The molecule has 128 valence electrons. The Labute approximate surface area is 149 Å². The van der Waals surface area contributed by atoms with Crippen LogP contribution in [0.4, 0.5) is 0 Å². The first kappa shape index (κ1) is 17.0. The maximum Gasteiger partial charge on any atom is 0.239 e. The lowest BCUT2D eigenvalue weighted by molar-refractivity contribution is -0.118. The molecule has 1 saturated heterocycles. The molecule has 2 aromatic carbocycles. The first-order chi connectivity index (χ1) is 12.2. The Morgan fingerprint density at radius 3 is 2.72 bits per heavy atom. The number of hydrogen-bond acceptors (Lipinski definition) is 6. The predicted molar refractivity (Wildman–Crippen MR) is 99.4 cm³/mol. The molecule has 1 heterocycles. The number of amides is 1. The van der Waals surface area contributed by atoms with Crippen molar-refractivity contribution in [1.82, 2.24) is 5.32 Å². The van der Waals surface area contributed by atoms with Gasteiger partial charge in [0.05, 0.1) is 18.6 Å². The van der Waals surface area contributed by atoms with Crippen LogP contribution in [-0.4, -0.2) is 34.8 Å². The smallest absolute Gasteiger partial charge is 0.239 e. The molecule has 1 amide bonds. The van der Waals surface area contributed by atoms with Gasteiger partial charge in [-0.2, -0.15) is 5.10 Å². The van der Waals surface area contributed by atoms with Gasteiger partial charge in [0, 0.05) is 5.56 Å². The van der Waals surface area contributed by atoms with E-state index in [0.29, 0.717) is 17.2 Å². The molecule has 0 aromatic heterocycles. The number of nitrogens with one attached hydrogen (secondary N) is 1. The number of phenols is 1. The van der Waals surface area contributed by atoms with Crippen LogP contribution >= 0.6 is 11.8 Å². The third-order valence-electron chi connectivity index (χ3n) is 3.64. The standard InChI is InChI=1S/C18H17N3O3S/c1-24-14-8-6-12(7-9-14)10-16-17(23)20-18(25-16)21-19-11-13-4-2-3-5-15(13)22/h2-9,11,16,22H,10H2,1H3,(H,20,21,23)/b19-11+/t16-/m0/s1. The SMILES string of the molecule is COc1ccc(C[C@@H]2S/C(=N/N=C/c3ccccc3O)NC2=O)cc1. The second-order valence-corrected chi connectivity index (χ2v) is 6.55. The number of nitrogens with zero attached hydrogens (tertiary/aromatic N) is 2. The molecule has 7 heteroatoms. The summed E-state index contributed by atoms with van der Waals surface area (Å²) in [6.45, 7) is 0. The fourth-order valence-corrected chi connectivity index (χ4v) is 3.27. The van der Waals surface area contributed by atoms with Crippen molar-refractivity contribution >= 4 is 29.1 Å². The van der Waals surface area contributed by atoms with Crippen LogP contribution in [0.15, 0.2) is 58.7 Å². The molecule has 0 spiro atoms. The fraction of sp³-hybridized carbons (Fsp3) is 0.167. The van der Waals surface area contributed by atoms with Gasteiger partial charge in [-0.15, -0.1) is 5.10 Å². The van der Waals surface area contributed by atoms with E-state index in [0.717, 1.165) is 11.3 Å². The van der Waals surface area contributed by atoms with E-state index < -0.39 is 0 Å². The normalized spacial score (nSPS) is 18.7. The van der Waals surface area contributed by atoms with Crippen molar-refractivity contribution in [1.29, 1.82) is 0 Å². The van der Waals surface area contributed by atoms with Crippen LogP contribution < -0.4 is 10.1 Å². The molecule has 0 unspecified atom stereocenters. The van der Waals surface area contributed by atoms with E-state index in [1.165, 1.54) is 18.0 Å². The highest BCUT2D eigenvalue weighted by molar-refractivity contribution is 8.15. The summed E-state index contributed by atoms with van der Waals surface area (Å²) in [7, 11) is 1.62. The molecule has 6 nitrogen and oxygen atoms in total. The molecule has 3 rings (SSSR count). The molecular weight excluding hydrogens is 338 g/mol. The van der Waals surface area contributed by atoms with Gasteiger partial charge >= 0.3 is 0 Å². The zero-order valence-corrected chi connectivity index (χ0v) is 14.4. The Balaban J connectivity index is 1.62. The third kappa shape index (κ3) is 4.39. The first-order valence-corrected chi connectivity index (χ1v) is 8.53.